The Kier molecular flexibility index (Phi) is 2.97. The molecule has 1 heterocycles. The molecule has 1 aromatic rings. The van der Waals surface area contributed by atoms with E-state index in [1.165, 1.54) is 0 Å². The normalized spacial score (nSPS) is 13.8. The molecule has 1 aliphatic rings. The van der Waals surface area contributed by atoms with E-state index in [4.69, 9.17) is 14.6 Å². The van der Waals surface area contributed by atoms with Gasteiger partial charge in [0.1, 0.15) is 0 Å². The molecule has 4 heteroatoms. The maximum atomic E-state index is 11.0. The van der Waals surface area contributed by atoms with Crippen molar-refractivity contribution < 1.29 is 19.4 Å². The second kappa shape index (κ2) is 4.19. The number of hydrogen-bond donors (Lipinski definition) is 1. The highest BCUT2D eigenvalue weighted by atomic mass is 16.7. The number of aliphatic carboxylic acids is 1. The molecule has 0 bridgehead atoms. The van der Waals surface area contributed by atoms with E-state index in [0.29, 0.717) is 11.5 Å². The molecule has 1 aromatic carbocycles. The van der Waals surface area contributed by atoms with Gasteiger partial charge in [0.05, 0.1) is 6.42 Å². The van der Waals surface area contributed by atoms with Crippen molar-refractivity contribution in [1.82, 2.24) is 0 Å². The monoisotopic (exact) mass is 250 g/mol. The molecule has 0 saturated carbocycles. The summed E-state index contributed by atoms with van der Waals surface area (Å²) in [5, 5.41) is 9.05. The fourth-order valence-electron chi connectivity index (χ4n) is 2.54. The van der Waals surface area contributed by atoms with Crippen LogP contribution in [0.25, 0.3) is 0 Å². The van der Waals surface area contributed by atoms with Gasteiger partial charge in [-0.15, -0.1) is 0 Å². The van der Waals surface area contributed by atoms with Crippen LogP contribution in [0.5, 0.6) is 11.5 Å². The van der Waals surface area contributed by atoms with Crippen LogP contribution in [0.2, 0.25) is 0 Å². The minimum absolute atomic E-state index is 0.0626. The maximum Gasteiger partial charge on any atom is 0.304 e. The van der Waals surface area contributed by atoms with E-state index < -0.39 is 11.4 Å². The lowest BCUT2D eigenvalue weighted by Gasteiger charge is -2.27. The number of aryl methyl sites for hydroxylation is 1. The van der Waals surface area contributed by atoms with Crippen molar-refractivity contribution in [1.29, 1.82) is 0 Å². The maximum absolute atomic E-state index is 11.0. The molecule has 0 amide bonds. The van der Waals surface area contributed by atoms with Crippen LogP contribution >= 0.6 is 0 Å². The molecule has 0 aliphatic carbocycles. The average molecular weight is 250 g/mol. The number of carboxylic acids is 1. The van der Waals surface area contributed by atoms with E-state index in [1.54, 1.807) is 0 Å². The Labute approximate surface area is 107 Å². The summed E-state index contributed by atoms with van der Waals surface area (Å²) in [6.07, 6.45) is 0.0626. The summed E-state index contributed by atoms with van der Waals surface area (Å²) in [6, 6.07) is 1.94. The Morgan fingerprint density at radius 1 is 1.39 bits per heavy atom. The standard InChI is InChI=1S/C14H18O4/c1-8-5-10-13(18-7-17-10)12(9(8)2)14(3,4)6-11(15)16/h5H,6-7H2,1-4H3,(H,15,16). The number of carbonyl (C=O) groups is 1. The summed E-state index contributed by atoms with van der Waals surface area (Å²) in [7, 11) is 0. The van der Waals surface area contributed by atoms with Crippen LogP contribution in [0.3, 0.4) is 0 Å². The number of ether oxygens (including phenoxy) is 2. The first-order valence-corrected chi connectivity index (χ1v) is 5.95. The Balaban J connectivity index is 2.59. The molecule has 0 saturated heterocycles. The molecule has 0 fully saturated rings. The van der Waals surface area contributed by atoms with Gasteiger partial charge in [-0.05, 0) is 31.0 Å². The van der Waals surface area contributed by atoms with E-state index in [2.05, 4.69) is 0 Å². The van der Waals surface area contributed by atoms with Crippen molar-refractivity contribution >= 4 is 5.97 Å². The molecule has 0 spiro atoms. The number of fused-ring (bicyclic) bond motifs is 1. The van der Waals surface area contributed by atoms with E-state index in [-0.39, 0.29) is 13.2 Å². The Bertz CT molecular complexity index is 503. The van der Waals surface area contributed by atoms with Crippen molar-refractivity contribution in [3.63, 3.8) is 0 Å². The lowest BCUT2D eigenvalue weighted by molar-refractivity contribution is -0.138. The molecular weight excluding hydrogens is 232 g/mol. The van der Waals surface area contributed by atoms with Crippen LogP contribution in [0.4, 0.5) is 0 Å². The van der Waals surface area contributed by atoms with Gasteiger partial charge in [-0.25, -0.2) is 0 Å². The number of benzene rings is 1. The zero-order valence-corrected chi connectivity index (χ0v) is 11.2. The smallest absolute Gasteiger partial charge is 0.304 e. The van der Waals surface area contributed by atoms with Gasteiger partial charge in [0, 0.05) is 11.0 Å². The van der Waals surface area contributed by atoms with Gasteiger partial charge in [0.25, 0.3) is 0 Å². The first-order chi connectivity index (χ1) is 8.33. The Morgan fingerprint density at radius 2 is 2.06 bits per heavy atom. The van der Waals surface area contributed by atoms with Gasteiger partial charge >= 0.3 is 5.97 Å². The fraction of sp³-hybridized carbons (Fsp3) is 0.500. The van der Waals surface area contributed by atoms with Gasteiger partial charge in [0.15, 0.2) is 11.5 Å². The van der Waals surface area contributed by atoms with Gasteiger partial charge in [-0.1, -0.05) is 13.8 Å². The minimum atomic E-state index is -0.812. The molecule has 18 heavy (non-hydrogen) atoms. The molecular formula is C14H18O4. The van der Waals surface area contributed by atoms with E-state index >= 15 is 0 Å². The van der Waals surface area contributed by atoms with Crippen LogP contribution in [-0.2, 0) is 10.2 Å². The Hall–Kier alpha value is -1.71. The molecule has 2 rings (SSSR count). The van der Waals surface area contributed by atoms with Crippen LogP contribution in [0, 0.1) is 13.8 Å². The topological polar surface area (TPSA) is 55.8 Å². The fourth-order valence-corrected chi connectivity index (χ4v) is 2.54. The molecule has 4 nitrogen and oxygen atoms in total. The molecule has 0 radical (unpaired) electrons. The van der Waals surface area contributed by atoms with E-state index in [0.717, 1.165) is 16.7 Å². The van der Waals surface area contributed by atoms with E-state index in [9.17, 15) is 4.79 Å². The average Bonchev–Trinajstić information content (AvgIpc) is 2.63. The SMILES string of the molecule is Cc1cc2c(c(C(C)(C)CC(=O)O)c1C)OCO2. The predicted molar refractivity (Wildman–Crippen MR) is 67.3 cm³/mol. The third-order valence-electron chi connectivity index (χ3n) is 3.45. The van der Waals surface area contributed by atoms with Crippen molar-refractivity contribution in [2.45, 2.75) is 39.5 Å². The highest BCUT2D eigenvalue weighted by molar-refractivity contribution is 5.70. The number of carboxylic acid groups (broad SMARTS) is 1. The summed E-state index contributed by atoms with van der Waals surface area (Å²) in [5.41, 5.74) is 2.62. The molecule has 0 unspecified atom stereocenters. The zero-order valence-electron chi connectivity index (χ0n) is 11.2. The van der Waals surface area contributed by atoms with Crippen LogP contribution < -0.4 is 9.47 Å². The lowest BCUT2D eigenvalue weighted by Crippen LogP contribution is -2.23. The number of rotatable bonds is 3. The second-order valence-corrected chi connectivity index (χ2v) is 5.38. The highest BCUT2D eigenvalue weighted by Crippen LogP contribution is 2.46. The van der Waals surface area contributed by atoms with Gasteiger partial charge in [0.2, 0.25) is 6.79 Å². The summed E-state index contributed by atoms with van der Waals surface area (Å²) in [5.74, 6) is 0.601. The molecule has 98 valence electrons. The van der Waals surface area contributed by atoms with Crippen molar-refractivity contribution in [2.24, 2.45) is 0 Å². The van der Waals surface area contributed by atoms with Crippen molar-refractivity contribution in [2.75, 3.05) is 6.79 Å². The van der Waals surface area contributed by atoms with Crippen molar-refractivity contribution in [3.05, 3.63) is 22.8 Å². The summed E-state index contributed by atoms with van der Waals surface area (Å²) in [4.78, 5) is 11.0. The molecule has 0 atom stereocenters. The van der Waals surface area contributed by atoms with Crippen LogP contribution in [0.1, 0.15) is 37.0 Å². The van der Waals surface area contributed by atoms with Gasteiger partial charge in [-0.2, -0.15) is 0 Å². The van der Waals surface area contributed by atoms with E-state index in [1.807, 2.05) is 33.8 Å². The zero-order chi connectivity index (χ0) is 13.5. The lowest BCUT2D eigenvalue weighted by atomic mass is 9.77. The third kappa shape index (κ3) is 2.03. The van der Waals surface area contributed by atoms with Crippen molar-refractivity contribution in [3.8, 4) is 11.5 Å². The third-order valence-corrected chi connectivity index (χ3v) is 3.45. The largest absolute Gasteiger partial charge is 0.481 e. The minimum Gasteiger partial charge on any atom is -0.481 e. The Morgan fingerprint density at radius 3 is 2.67 bits per heavy atom. The first-order valence-electron chi connectivity index (χ1n) is 5.95. The number of hydrogen-bond acceptors (Lipinski definition) is 3. The summed E-state index contributed by atoms with van der Waals surface area (Å²) >= 11 is 0. The molecule has 1 N–H and O–H groups in total. The molecule has 0 aromatic heterocycles. The van der Waals surface area contributed by atoms with Crippen LogP contribution in [-0.4, -0.2) is 17.9 Å². The summed E-state index contributed by atoms with van der Waals surface area (Å²) < 4.78 is 10.9. The highest BCUT2D eigenvalue weighted by Gasteiger charge is 2.33. The molecule has 1 aliphatic heterocycles. The van der Waals surface area contributed by atoms with Crippen LogP contribution in [0.15, 0.2) is 6.07 Å². The summed E-state index contributed by atoms with van der Waals surface area (Å²) in [6.45, 7) is 8.04. The van der Waals surface area contributed by atoms with Gasteiger partial charge in [-0.3, -0.25) is 4.79 Å². The quantitative estimate of drug-likeness (QED) is 0.896. The second-order valence-electron chi connectivity index (χ2n) is 5.38. The van der Waals surface area contributed by atoms with Gasteiger partial charge < -0.3 is 14.6 Å². The first kappa shape index (κ1) is 12.7. The predicted octanol–water partition coefficient (Wildman–Crippen LogP) is 2.78.